The van der Waals surface area contributed by atoms with Crippen LogP contribution in [0.3, 0.4) is 0 Å². The molecule has 0 saturated heterocycles. The average molecular weight is 194 g/mol. The third-order valence-corrected chi connectivity index (χ3v) is 1.19. The lowest BCUT2D eigenvalue weighted by Crippen LogP contribution is -2.42. The molecule has 0 aromatic heterocycles. The second-order valence-electron chi connectivity index (χ2n) is 2.13. The van der Waals surface area contributed by atoms with Crippen molar-refractivity contribution in [3.8, 4) is 0 Å². The highest BCUT2D eigenvalue weighted by molar-refractivity contribution is 4.43. The van der Waals surface area contributed by atoms with Gasteiger partial charge in [-0.05, 0) is 0 Å². The van der Waals surface area contributed by atoms with Crippen LogP contribution in [0.5, 0.6) is 0 Å². The fourth-order valence-electron chi connectivity index (χ4n) is 0.513. The summed E-state index contributed by atoms with van der Waals surface area (Å²) < 4.78 is 0. The highest BCUT2D eigenvalue weighted by Gasteiger charge is 2.36. The Bertz CT molecular complexity index is 226. The highest BCUT2D eigenvalue weighted by atomic mass is 16.7. The molecular weight excluding hydrogens is 188 g/mol. The molecule has 0 fully saturated rings. The van der Waals surface area contributed by atoms with Gasteiger partial charge in [-0.25, -0.2) is 10.1 Å². The minimum absolute atomic E-state index is 0.288. The van der Waals surface area contributed by atoms with Gasteiger partial charge in [0.2, 0.25) is 6.54 Å². The largest absolute Gasteiger partial charge is 0.473 e. The van der Waals surface area contributed by atoms with Crippen molar-refractivity contribution in [1.82, 2.24) is 5.01 Å². The Labute approximate surface area is 71.2 Å². The molecule has 0 rings (SSSR count). The second-order valence-corrected chi connectivity index (χ2v) is 2.13. The van der Waals surface area contributed by atoms with Gasteiger partial charge in [-0.1, -0.05) is 0 Å². The number of hydrogen-bond donors (Lipinski definition) is 0. The average Bonchev–Trinajstić information content (AvgIpc) is 1.97. The fourth-order valence-corrected chi connectivity index (χ4v) is 0.513. The molecule has 0 radical (unpaired) electrons. The van der Waals surface area contributed by atoms with Crippen LogP contribution in [0.1, 0.15) is 0 Å². The van der Waals surface area contributed by atoms with E-state index in [1.54, 1.807) is 0 Å². The summed E-state index contributed by atoms with van der Waals surface area (Å²) in [5.41, 5.74) is 0. The van der Waals surface area contributed by atoms with Gasteiger partial charge < -0.3 is 0 Å². The van der Waals surface area contributed by atoms with Crippen LogP contribution in [0.25, 0.3) is 0 Å². The molecule has 0 unspecified atom stereocenters. The molecule has 0 aliphatic rings. The van der Waals surface area contributed by atoms with Gasteiger partial charge in [0.15, 0.2) is 5.03 Å². The Balaban J connectivity index is 4.35. The van der Waals surface area contributed by atoms with Crippen LogP contribution >= 0.6 is 0 Å². The third kappa shape index (κ3) is 3.27. The Morgan fingerprint density at radius 1 is 1.15 bits per heavy atom. The van der Waals surface area contributed by atoms with E-state index in [1.165, 1.54) is 0 Å². The molecule has 13 heavy (non-hydrogen) atoms. The summed E-state index contributed by atoms with van der Waals surface area (Å²) in [7, 11) is 0.917. The quantitative estimate of drug-likeness (QED) is 0.311. The van der Waals surface area contributed by atoms with E-state index in [-0.39, 0.29) is 5.01 Å². The van der Waals surface area contributed by atoms with Crippen LogP contribution in [0, 0.1) is 30.3 Å². The smallest absolute Gasteiger partial charge is 0.258 e. The van der Waals surface area contributed by atoms with E-state index in [0.29, 0.717) is 0 Å². The van der Waals surface area contributed by atoms with Gasteiger partial charge in [-0.2, -0.15) is 0 Å². The van der Waals surface area contributed by atoms with Crippen LogP contribution in [0.15, 0.2) is 0 Å². The Kier molecular flexibility index (Phi) is 3.50. The fraction of sp³-hybridized carbons (Fsp3) is 1.00. The zero-order chi connectivity index (χ0) is 10.6. The van der Waals surface area contributed by atoms with Gasteiger partial charge in [0.05, 0.1) is 16.9 Å². The van der Waals surface area contributed by atoms with E-state index in [0.717, 1.165) is 7.05 Å². The van der Waals surface area contributed by atoms with Crippen molar-refractivity contribution < 1.29 is 14.9 Å². The van der Waals surface area contributed by atoms with Gasteiger partial charge in [0.1, 0.15) is 0 Å². The first-order chi connectivity index (χ1) is 5.86. The number of nitrogens with zero attached hydrogens (tertiary/aromatic N) is 4. The molecule has 0 amide bonds. The van der Waals surface area contributed by atoms with Gasteiger partial charge >= 0.3 is 6.17 Å². The maximum absolute atomic E-state index is 10.0. The molecule has 0 aromatic rings. The van der Waals surface area contributed by atoms with Crippen LogP contribution in [0.4, 0.5) is 0 Å². The molecule has 0 aliphatic heterocycles. The molecule has 0 spiro atoms. The highest BCUT2D eigenvalue weighted by Crippen LogP contribution is 1.95. The topological polar surface area (TPSA) is 133 Å². The normalized spacial score (nSPS) is 9.69. The van der Waals surface area contributed by atoms with Crippen molar-refractivity contribution in [2.45, 2.75) is 6.17 Å². The van der Waals surface area contributed by atoms with Crippen molar-refractivity contribution in [3.05, 3.63) is 30.3 Å². The van der Waals surface area contributed by atoms with Crippen molar-refractivity contribution in [1.29, 1.82) is 0 Å². The Morgan fingerprint density at radius 2 is 1.54 bits per heavy atom. The van der Waals surface area contributed by atoms with E-state index in [9.17, 15) is 30.3 Å². The Morgan fingerprint density at radius 3 is 1.77 bits per heavy atom. The lowest BCUT2D eigenvalue weighted by Gasteiger charge is -2.06. The lowest BCUT2D eigenvalue weighted by atomic mass is 10.5. The maximum Gasteiger partial charge on any atom is 0.473 e. The van der Waals surface area contributed by atoms with Crippen LogP contribution in [-0.2, 0) is 0 Å². The summed E-state index contributed by atoms with van der Waals surface area (Å²) in [6.07, 6.45) is -2.17. The Hall–Kier alpha value is -2.00. The number of nitro groups is 3. The lowest BCUT2D eigenvalue weighted by molar-refractivity contribution is -0.759. The van der Waals surface area contributed by atoms with E-state index in [1.807, 2.05) is 0 Å². The minimum atomic E-state index is -2.17. The van der Waals surface area contributed by atoms with E-state index in [4.69, 9.17) is 0 Å². The SMILES string of the molecule is CN(CC([N+](=O)[O-])[N+](=O)[O-])[N+](=O)[O-]. The first-order valence-electron chi connectivity index (χ1n) is 2.98. The standard InChI is InChI=1S/C3H6N4O6/c1-4(7(12)13)2-3(5(8)9)6(10)11/h3H,2H2,1H3. The molecule has 0 bridgehead atoms. The number of likely N-dealkylation sites (N-methyl/N-ethyl adjacent to an activating group) is 1. The molecular formula is C3H6N4O6. The summed E-state index contributed by atoms with van der Waals surface area (Å²) in [4.78, 5) is 27.6. The van der Waals surface area contributed by atoms with E-state index >= 15 is 0 Å². The molecule has 10 heteroatoms. The second kappa shape index (κ2) is 4.13. The molecule has 74 valence electrons. The van der Waals surface area contributed by atoms with Gasteiger partial charge in [0, 0.05) is 0 Å². The summed E-state index contributed by atoms with van der Waals surface area (Å²) in [5, 5.41) is 29.3. The first kappa shape index (κ1) is 11.0. The molecule has 0 aliphatic carbocycles. The van der Waals surface area contributed by atoms with E-state index in [2.05, 4.69) is 0 Å². The van der Waals surface area contributed by atoms with Crippen molar-refractivity contribution in [2.75, 3.05) is 13.6 Å². The predicted molar refractivity (Wildman–Crippen MR) is 37.4 cm³/mol. The minimum Gasteiger partial charge on any atom is -0.258 e. The molecule has 0 N–H and O–H groups in total. The van der Waals surface area contributed by atoms with E-state index < -0.39 is 27.6 Å². The summed E-state index contributed by atoms with van der Waals surface area (Å²) in [6.45, 7) is -0.868. The van der Waals surface area contributed by atoms with Gasteiger partial charge in [0.25, 0.3) is 0 Å². The monoisotopic (exact) mass is 194 g/mol. The summed E-state index contributed by atoms with van der Waals surface area (Å²) >= 11 is 0. The van der Waals surface area contributed by atoms with Crippen molar-refractivity contribution in [3.63, 3.8) is 0 Å². The number of hydrazine groups is 1. The van der Waals surface area contributed by atoms with Crippen molar-refractivity contribution in [2.24, 2.45) is 0 Å². The molecule has 0 heterocycles. The van der Waals surface area contributed by atoms with Gasteiger partial charge in [-0.15, -0.1) is 5.01 Å². The van der Waals surface area contributed by atoms with Crippen LogP contribution in [-0.4, -0.2) is 39.6 Å². The number of rotatable bonds is 5. The van der Waals surface area contributed by atoms with Gasteiger partial charge in [-0.3, -0.25) is 20.2 Å². The summed E-state index contributed by atoms with van der Waals surface area (Å²) in [6, 6.07) is 0. The van der Waals surface area contributed by atoms with Crippen molar-refractivity contribution >= 4 is 0 Å². The molecule has 0 atom stereocenters. The molecule has 0 aromatic carbocycles. The molecule has 0 saturated carbocycles. The predicted octanol–water partition coefficient (Wildman–Crippen LogP) is -1.01. The maximum atomic E-state index is 10.0. The zero-order valence-electron chi connectivity index (χ0n) is 6.52. The third-order valence-electron chi connectivity index (χ3n) is 1.19. The molecule has 10 nitrogen and oxygen atoms in total. The van der Waals surface area contributed by atoms with Crippen LogP contribution < -0.4 is 0 Å². The zero-order valence-corrected chi connectivity index (χ0v) is 6.52. The number of hydrogen-bond acceptors (Lipinski definition) is 6. The first-order valence-corrected chi connectivity index (χ1v) is 2.98. The van der Waals surface area contributed by atoms with Crippen LogP contribution in [0.2, 0.25) is 0 Å². The summed E-state index contributed by atoms with van der Waals surface area (Å²) in [5.74, 6) is 0.